The van der Waals surface area contributed by atoms with Crippen LogP contribution in [0.3, 0.4) is 0 Å². The molecule has 0 saturated heterocycles. The molecule has 2 rings (SSSR count). The van der Waals surface area contributed by atoms with E-state index in [0.29, 0.717) is 18.9 Å². The van der Waals surface area contributed by atoms with Crippen LogP contribution < -0.4 is 10.1 Å². The van der Waals surface area contributed by atoms with Crippen molar-refractivity contribution in [2.24, 2.45) is 0 Å². The van der Waals surface area contributed by atoms with Crippen LogP contribution in [0.2, 0.25) is 0 Å². The van der Waals surface area contributed by atoms with Crippen LogP contribution in [0.25, 0.3) is 0 Å². The second-order valence-corrected chi connectivity index (χ2v) is 3.82. The molecule has 0 spiro atoms. The minimum atomic E-state index is -0.298. The van der Waals surface area contributed by atoms with Crippen molar-refractivity contribution in [2.45, 2.75) is 6.54 Å². The normalized spacial score (nSPS) is 14.7. The first-order valence-electron chi connectivity index (χ1n) is 4.09. The van der Waals surface area contributed by atoms with E-state index in [2.05, 4.69) is 21.2 Å². The average Bonchev–Trinajstić information content (AvgIpc) is 2.28. The van der Waals surface area contributed by atoms with Crippen molar-refractivity contribution in [3.8, 4) is 5.75 Å². The fraction of sp³-hybridized carbons (Fsp3) is 0.333. The van der Waals surface area contributed by atoms with Crippen LogP contribution in [0.5, 0.6) is 5.75 Å². The molecule has 1 aliphatic rings. The third kappa shape index (κ3) is 2.38. The second kappa shape index (κ2) is 4.96. The van der Waals surface area contributed by atoms with E-state index in [4.69, 9.17) is 4.74 Å². The highest BCUT2D eigenvalue weighted by atomic mass is 79.9. The average molecular weight is 283 g/mol. The van der Waals surface area contributed by atoms with Crippen molar-refractivity contribution in [3.63, 3.8) is 0 Å². The number of rotatable bonds is 0. The Hall–Kier alpha value is -0.320. The molecule has 0 aliphatic carbocycles. The number of halogens is 3. The minimum Gasteiger partial charge on any atom is -0.489 e. The summed E-state index contributed by atoms with van der Waals surface area (Å²) in [5.41, 5.74) is 0.865. The molecule has 0 radical (unpaired) electrons. The fourth-order valence-corrected chi connectivity index (χ4v) is 1.83. The molecule has 5 heteroatoms. The molecule has 0 amide bonds. The van der Waals surface area contributed by atoms with Crippen molar-refractivity contribution in [3.05, 3.63) is 28.0 Å². The maximum Gasteiger partial charge on any atom is 0.166 e. The lowest BCUT2D eigenvalue weighted by molar-refractivity contribution is 0.309. The number of ether oxygens (including phenoxy) is 1. The molecule has 1 heterocycles. The lowest BCUT2D eigenvalue weighted by atomic mass is 10.2. The van der Waals surface area contributed by atoms with E-state index in [1.54, 1.807) is 0 Å². The molecule has 0 aromatic heterocycles. The van der Waals surface area contributed by atoms with Gasteiger partial charge in [-0.15, -0.1) is 12.4 Å². The zero-order chi connectivity index (χ0) is 9.26. The molecular weight excluding hydrogens is 272 g/mol. The summed E-state index contributed by atoms with van der Waals surface area (Å²) in [6, 6.07) is 3.29. The molecule has 78 valence electrons. The molecule has 14 heavy (non-hydrogen) atoms. The van der Waals surface area contributed by atoms with Gasteiger partial charge in [0, 0.05) is 23.1 Å². The van der Waals surface area contributed by atoms with Crippen LogP contribution in [0.4, 0.5) is 4.39 Å². The summed E-state index contributed by atoms with van der Waals surface area (Å²) in [4.78, 5) is 0. The molecular formula is C9H10BrClFNO. The van der Waals surface area contributed by atoms with Crippen LogP contribution in [0, 0.1) is 5.82 Å². The number of hydrogen-bond donors (Lipinski definition) is 1. The van der Waals surface area contributed by atoms with Crippen LogP contribution in [0.1, 0.15) is 5.56 Å². The Morgan fingerprint density at radius 3 is 3.00 bits per heavy atom. The number of benzene rings is 1. The van der Waals surface area contributed by atoms with E-state index in [1.807, 2.05) is 6.07 Å². The highest BCUT2D eigenvalue weighted by Crippen LogP contribution is 2.28. The van der Waals surface area contributed by atoms with Crippen molar-refractivity contribution < 1.29 is 9.13 Å². The predicted octanol–water partition coefficient (Wildman–Crippen LogP) is 2.49. The summed E-state index contributed by atoms with van der Waals surface area (Å²) in [6.07, 6.45) is 0. The maximum atomic E-state index is 13.3. The van der Waals surface area contributed by atoms with Gasteiger partial charge in [0.25, 0.3) is 0 Å². The van der Waals surface area contributed by atoms with Gasteiger partial charge in [-0.25, -0.2) is 4.39 Å². The van der Waals surface area contributed by atoms with Gasteiger partial charge in [-0.2, -0.15) is 0 Å². The molecule has 0 atom stereocenters. The van der Waals surface area contributed by atoms with Gasteiger partial charge in [-0.3, -0.25) is 0 Å². The Bertz CT molecular complexity index is 335. The van der Waals surface area contributed by atoms with Gasteiger partial charge in [-0.1, -0.05) is 15.9 Å². The van der Waals surface area contributed by atoms with Gasteiger partial charge in [0.2, 0.25) is 0 Å². The van der Waals surface area contributed by atoms with Crippen molar-refractivity contribution >= 4 is 28.3 Å². The summed E-state index contributed by atoms with van der Waals surface area (Å²) < 4.78 is 19.4. The molecule has 0 saturated carbocycles. The Morgan fingerprint density at radius 1 is 1.43 bits per heavy atom. The van der Waals surface area contributed by atoms with E-state index >= 15 is 0 Å². The first-order chi connectivity index (χ1) is 6.27. The van der Waals surface area contributed by atoms with Crippen molar-refractivity contribution in [2.75, 3.05) is 13.2 Å². The number of fused-ring (bicyclic) bond motifs is 1. The molecule has 1 N–H and O–H groups in total. The van der Waals surface area contributed by atoms with Crippen LogP contribution in [0.15, 0.2) is 16.6 Å². The smallest absolute Gasteiger partial charge is 0.166 e. The zero-order valence-corrected chi connectivity index (χ0v) is 9.75. The first-order valence-corrected chi connectivity index (χ1v) is 4.88. The highest BCUT2D eigenvalue weighted by molar-refractivity contribution is 9.10. The third-order valence-corrected chi connectivity index (χ3v) is 2.38. The Kier molecular flexibility index (Phi) is 4.16. The number of nitrogens with one attached hydrogen (secondary N) is 1. The lowest BCUT2D eigenvalue weighted by Gasteiger charge is -2.07. The fourth-order valence-electron chi connectivity index (χ4n) is 1.35. The van der Waals surface area contributed by atoms with Crippen LogP contribution in [-0.2, 0) is 6.54 Å². The van der Waals surface area contributed by atoms with Crippen molar-refractivity contribution in [1.82, 2.24) is 5.32 Å². The Labute approximate surface area is 96.4 Å². The van der Waals surface area contributed by atoms with E-state index in [9.17, 15) is 4.39 Å². The first kappa shape index (κ1) is 11.8. The van der Waals surface area contributed by atoms with E-state index in [1.165, 1.54) is 6.07 Å². The van der Waals surface area contributed by atoms with E-state index in [0.717, 1.165) is 16.6 Å². The Balaban J connectivity index is 0.000000980. The molecule has 1 aromatic rings. The van der Waals surface area contributed by atoms with Gasteiger partial charge in [0.05, 0.1) is 0 Å². The molecule has 1 aromatic carbocycles. The molecule has 0 fully saturated rings. The molecule has 0 bridgehead atoms. The summed E-state index contributed by atoms with van der Waals surface area (Å²) in [6.45, 7) is 1.93. The monoisotopic (exact) mass is 281 g/mol. The lowest BCUT2D eigenvalue weighted by Crippen LogP contribution is -2.16. The van der Waals surface area contributed by atoms with E-state index in [-0.39, 0.29) is 18.2 Å². The second-order valence-electron chi connectivity index (χ2n) is 2.90. The minimum absolute atomic E-state index is 0. The molecule has 0 unspecified atom stereocenters. The highest BCUT2D eigenvalue weighted by Gasteiger charge is 2.13. The summed E-state index contributed by atoms with van der Waals surface area (Å²) in [5, 5.41) is 3.15. The quantitative estimate of drug-likeness (QED) is 0.789. The maximum absolute atomic E-state index is 13.3. The van der Waals surface area contributed by atoms with Gasteiger partial charge in [0.15, 0.2) is 11.6 Å². The molecule has 1 aliphatic heterocycles. The summed E-state index contributed by atoms with van der Waals surface area (Å²) >= 11 is 3.24. The Morgan fingerprint density at radius 2 is 2.21 bits per heavy atom. The number of hydrogen-bond acceptors (Lipinski definition) is 2. The predicted molar refractivity (Wildman–Crippen MR) is 58.5 cm³/mol. The van der Waals surface area contributed by atoms with Gasteiger partial charge in [0.1, 0.15) is 6.61 Å². The standard InChI is InChI=1S/C9H9BrFNO.ClH/c10-7-3-6-5-12-1-2-13-9(6)8(11)4-7;/h3-4,12H,1-2,5H2;1H. The topological polar surface area (TPSA) is 21.3 Å². The largest absolute Gasteiger partial charge is 0.489 e. The summed E-state index contributed by atoms with van der Waals surface area (Å²) in [5.74, 6) is 0.0845. The third-order valence-electron chi connectivity index (χ3n) is 1.93. The SMILES string of the molecule is Cl.Fc1cc(Br)cc2c1OCCNC2. The van der Waals surface area contributed by atoms with E-state index < -0.39 is 0 Å². The van der Waals surface area contributed by atoms with Crippen LogP contribution >= 0.6 is 28.3 Å². The van der Waals surface area contributed by atoms with Crippen LogP contribution in [-0.4, -0.2) is 13.2 Å². The molecule has 2 nitrogen and oxygen atoms in total. The zero-order valence-electron chi connectivity index (χ0n) is 7.35. The van der Waals surface area contributed by atoms with Gasteiger partial charge in [-0.05, 0) is 12.1 Å². The van der Waals surface area contributed by atoms with Gasteiger partial charge >= 0.3 is 0 Å². The summed E-state index contributed by atoms with van der Waals surface area (Å²) in [7, 11) is 0. The van der Waals surface area contributed by atoms with Crippen molar-refractivity contribution in [1.29, 1.82) is 0 Å². The van der Waals surface area contributed by atoms with Gasteiger partial charge < -0.3 is 10.1 Å².